The van der Waals surface area contributed by atoms with Gasteiger partial charge in [0.15, 0.2) is 0 Å². The van der Waals surface area contributed by atoms with E-state index >= 15 is 0 Å². The Kier molecular flexibility index (Phi) is 5.74. The van der Waals surface area contributed by atoms with E-state index in [2.05, 4.69) is 5.32 Å². The van der Waals surface area contributed by atoms with Crippen molar-refractivity contribution in [3.8, 4) is 0 Å². The summed E-state index contributed by atoms with van der Waals surface area (Å²) in [6, 6.07) is 19.2. The van der Waals surface area contributed by atoms with Gasteiger partial charge in [-0.3, -0.25) is 4.79 Å². The van der Waals surface area contributed by atoms with Gasteiger partial charge in [-0.1, -0.05) is 73.5 Å². The number of hydrogen-bond acceptors (Lipinski definition) is 3. The lowest BCUT2D eigenvalue weighted by Crippen LogP contribution is -2.62. The summed E-state index contributed by atoms with van der Waals surface area (Å²) >= 11 is 0. The van der Waals surface area contributed by atoms with Gasteiger partial charge < -0.3 is 5.32 Å². The van der Waals surface area contributed by atoms with Crippen LogP contribution >= 0.6 is 0 Å². The molecule has 1 saturated heterocycles. The molecule has 0 aromatic heterocycles. The molecule has 2 atom stereocenters. The number of nitrogens with zero attached hydrogens (tertiary/aromatic N) is 1. The Morgan fingerprint density at radius 1 is 0.966 bits per heavy atom. The lowest BCUT2D eigenvalue weighted by molar-refractivity contribution is -0.137. The third-order valence-corrected chi connectivity index (χ3v) is 8.25. The maximum Gasteiger partial charge on any atom is 0.228 e. The maximum atomic E-state index is 13.4. The Morgan fingerprint density at radius 2 is 1.62 bits per heavy atom. The van der Waals surface area contributed by atoms with Gasteiger partial charge >= 0.3 is 0 Å². The molecule has 0 unspecified atom stereocenters. The summed E-state index contributed by atoms with van der Waals surface area (Å²) in [5, 5.41) is 3.11. The fourth-order valence-electron chi connectivity index (χ4n) is 4.86. The van der Waals surface area contributed by atoms with Gasteiger partial charge in [-0.2, -0.15) is 4.31 Å². The van der Waals surface area contributed by atoms with Crippen LogP contribution in [0, 0.1) is 5.41 Å². The van der Waals surface area contributed by atoms with Crippen molar-refractivity contribution in [1.82, 2.24) is 9.62 Å². The molecular weight excluding hydrogens is 384 g/mol. The zero-order valence-corrected chi connectivity index (χ0v) is 17.4. The predicted molar refractivity (Wildman–Crippen MR) is 113 cm³/mol. The van der Waals surface area contributed by atoms with Crippen LogP contribution in [0.3, 0.4) is 0 Å². The van der Waals surface area contributed by atoms with Crippen LogP contribution in [0.15, 0.2) is 60.7 Å². The van der Waals surface area contributed by atoms with Crippen LogP contribution in [0.25, 0.3) is 0 Å². The summed E-state index contributed by atoms with van der Waals surface area (Å²) in [5.74, 6) is 0.0359. The Hall–Kier alpha value is -2.18. The highest BCUT2D eigenvalue weighted by atomic mass is 32.2. The predicted octanol–water partition coefficient (Wildman–Crippen LogP) is 3.47. The Bertz CT molecular complexity index is 947. The zero-order valence-electron chi connectivity index (χ0n) is 16.6. The van der Waals surface area contributed by atoms with Crippen LogP contribution in [0.5, 0.6) is 0 Å². The molecule has 0 radical (unpaired) electrons. The summed E-state index contributed by atoms with van der Waals surface area (Å²) in [5.41, 5.74) is 1.38. The number of carbonyl (C=O) groups is 1. The minimum Gasteiger partial charge on any atom is -0.351 e. The summed E-state index contributed by atoms with van der Waals surface area (Å²) in [4.78, 5) is 13.4. The maximum absolute atomic E-state index is 13.4. The summed E-state index contributed by atoms with van der Waals surface area (Å²) < 4.78 is 27.6. The second-order valence-corrected chi connectivity index (χ2v) is 10.2. The van der Waals surface area contributed by atoms with Crippen molar-refractivity contribution in [3.63, 3.8) is 0 Å². The van der Waals surface area contributed by atoms with Crippen LogP contribution in [-0.4, -0.2) is 30.4 Å². The largest absolute Gasteiger partial charge is 0.351 e. The van der Waals surface area contributed by atoms with Gasteiger partial charge in [0.2, 0.25) is 15.9 Å². The van der Waals surface area contributed by atoms with Gasteiger partial charge in [-0.05, 0) is 30.4 Å². The number of fused-ring (bicyclic) bond motifs is 1. The average molecular weight is 413 g/mol. The highest BCUT2D eigenvalue weighted by Crippen LogP contribution is 2.47. The molecule has 4 rings (SSSR count). The average Bonchev–Trinajstić information content (AvgIpc) is 2.75. The van der Waals surface area contributed by atoms with Gasteiger partial charge in [0.05, 0.1) is 11.2 Å². The van der Waals surface area contributed by atoms with Gasteiger partial charge in [0.25, 0.3) is 0 Å². The third-order valence-electron chi connectivity index (χ3n) is 6.43. The van der Waals surface area contributed by atoms with E-state index in [0.29, 0.717) is 19.5 Å². The van der Waals surface area contributed by atoms with Crippen molar-refractivity contribution in [2.45, 2.75) is 51.2 Å². The lowest BCUT2D eigenvalue weighted by atomic mass is 9.67. The summed E-state index contributed by atoms with van der Waals surface area (Å²) in [6.07, 6.45) is 3.82. The molecule has 1 saturated carbocycles. The number of hydrogen-bond donors (Lipinski definition) is 1. The van der Waals surface area contributed by atoms with E-state index in [-0.39, 0.29) is 17.7 Å². The Labute approximate surface area is 173 Å². The highest BCUT2D eigenvalue weighted by molar-refractivity contribution is 7.89. The fourth-order valence-corrected chi connectivity index (χ4v) is 6.76. The number of sulfonamides is 1. The molecule has 2 aromatic carbocycles. The highest BCUT2D eigenvalue weighted by Gasteiger charge is 2.55. The van der Waals surface area contributed by atoms with Gasteiger partial charge in [0, 0.05) is 19.1 Å². The third kappa shape index (κ3) is 4.09. The zero-order chi connectivity index (χ0) is 20.3. The van der Waals surface area contributed by atoms with E-state index in [1.54, 1.807) is 4.31 Å². The topological polar surface area (TPSA) is 66.5 Å². The molecule has 0 spiro atoms. The van der Waals surface area contributed by atoms with Crippen LogP contribution in [0.1, 0.15) is 43.2 Å². The lowest BCUT2D eigenvalue weighted by Gasteiger charge is -2.50. The monoisotopic (exact) mass is 412 g/mol. The van der Waals surface area contributed by atoms with Crippen molar-refractivity contribution < 1.29 is 13.2 Å². The van der Waals surface area contributed by atoms with E-state index in [1.807, 2.05) is 60.7 Å². The molecule has 2 aliphatic rings. The Balaban J connectivity index is 1.59. The number of benzene rings is 2. The first-order valence-corrected chi connectivity index (χ1v) is 12.0. The molecule has 1 aliphatic carbocycles. The van der Waals surface area contributed by atoms with Gasteiger partial charge in [-0.25, -0.2) is 8.42 Å². The molecule has 1 heterocycles. The van der Waals surface area contributed by atoms with Crippen LogP contribution < -0.4 is 5.32 Å². The quantitative estimate of drug-likeness (QED) is 0.818. The molecule has 6 heteroatoms. The molecule has 1 N–H and O–H groups in total. The first-order valence-electron chi connectivity index (χ1n) is 10.4. The second-order valence-electron chi connectivity index (χ2n) is 8.18. The first kappa shape index (κ1) is 20.1. The molecule has 154 valence electrons. The SMILES string of the molecule is O=C(NCc1ccccc1)[C@@]12CCCC[C@H]1N(Cc1ccccc1)S(=O)(=O)CC2. The van der Waals surface area contributed by atoms with Crippen LogP contribution in [-0.2, 0) is 27.9 Å². The standard InChI is InChI=1S/C23H28N2O3S/c26-22(24-17-19-9-3-1-4-10-19)23-14-8-7-13-21(23)25(29(27,28)16-15-23)18-20-11-5-2-6-12-20/h1-6,9-12,21H,7-8,13-18H2,(H,24,26)/t21-,23-/m1/s1. The van der Waals surface area contributed by atoms with Crippen molar-refractivity contribution >= 4 is 15.9 Å². The van der Waals surface area contributed by atoms with Crippen molar-refractivity contribution in [2.75, 3.05) is 5.75 Å². The molecule has 1 aliphatic heterocycles. The van der Waals surface area contributed by atoms with E-state index in [1.165, 1.54) is 0 Å². The number of carbonyl (C=O) groups excluding carboxylic acids is 1. The van der Waals surface area contributed by atoms with Crippen molar-refractivity contribution in [1.29, 1.82) is 0 Å². The van der Waals surface area contributed by atoms with E-state index in [9.17, 15) is 13.2 Å². The number of amides is 1. The van der Waals surface area contributed by atoms with E-state index in [4.69, 9.17) is 0 Å². The first-order chi connectivity index (χ1) is 14.0. The Morgan fingerprint density at radius 3 is 2.31 bits per heavy atom. The van der Waals surface area contributed by atoms with Crippen LogP contribution in [0.4, 0.5) is 0 Å². The molecular formula is C23H28N2O3S. The molecule has 29 heavy (non-hydrogen) atoms. The molecule has 0 bridgehead atoms. The normalized spacial score (nSPS) is 26.4. The number of nitrogens with one attached hydrogen (secondary N) is 1. The second kappa shape index (κ2) is 8.28. The molecule has 2 aromatic rings. The van der Waals surface area contributed by atoms with Crippen molar-refractivity contribution in [2.24, 2.45) is 5.41 Å². The van der Waals surface area contributed by atoms with Crippen molar-refractivity contribution in [3.05, 3.63) is 71.8 Å². The molecule has 5 nitrogen and oxygen atoms in total. The van der Waals surface area contributed by atoms with Gasteiger partial charge in [0.1, 0.15) is 0 Å². The number of rotatable bonds is 5. The minimum absolute atomic E-state index is 0.000912. The summed E-state index contributed by atoms with van der Waals surface area (Å²) in [7, 11) is -3.38. The summed E-state index contributed by atoms with van der Waals surface area (Å²) in [6.45, 7) is 0.807. The fraction of sp³-hybridized carbons (Fsp3) is 0.435. The van der Waals surface area contributed by atoms with E-state index in [0.717, 1.165) is 36.8 Å². The smallest absolute Gasteiger partial charge is 0.228 e. The molecule has 2 fully saturated rings. The minimum atomic E-state index is -3.38. The van der Waals surface area contributed by atoms with E-state index < -0.39 is 15.4 Å². The van der Waals surface area contributed by atoms with Gasteiger partial charge in [-0.15, -0.1) is 0 Å². The van der Waals surface area contributed by atoms with Crippen LogP contribution in [0.2, 0.25) is 0 Å². The molecule has 1 amide bonds.